The van der Waals surface area contributed by atoms with Crippen LogP contribution in [0.2, 0.25) is 5.02 Å². The molecule has 0 aromatic heterocycles. The Labute approximate surface area is 124 Å². The minimum absolute atomic E-state index is 0.0406. The van der Waals surface area contributed by atoms with Crippen LogP contribution in [-0.4, -0.2) is 11.0 Å². The van der Waals surface area contributed by atoms with Crippen molar-refractivity contribution in [3.05, 3.63) is 38.9 Å². The van der Waals surface area contributed by atoms with Crippen molar-refractivity contribution in [3.63, 3.8) is 0 Å². The summed E-state index contributed by atoms with van der Waals surface area (Å²) in [6.07, 6.45) is 3.63. The Morgan fingerprint density at radius 3 is 2.70 bits per heavy atom. The molecular weight excluding hydrogens is 276 g/mol. The van der Waals surface area contributed by atoms with Crippen LogP contribution in [0.5, 0.6) is 0 Å². The Morgan fingerprint density at radius 2 is 2.10 bits per heavy atom. The van der Waals surface area contributed by atoms with Crippen molar-refractivity contribution in [2.45, 2.75) is 45.7 Å². The van der Waals surface area contributed by atoms with Crippen LogP contribution in [0.25, 0.3) is 0 Å². The van der Waals surface area contributed by atoms with E-state index < -0.39 is 4.92 Å². The summed E-state index contributed by atoms with van der Waals surface area (Å²) in [5.41, 5.74) is 0.961. The van der Waals surface area contributed by atoms with Gasteiger partial charge in [0, 0.05) is 24.7 Å². The largest absolute Gasteiger partial charge is 0.310 e. The summed E-state index contributed by atoms with van der Waals surface area (Å²) < 4.78 is 0. The van der Waals surface area contributed by atoms with Gasteiger partial charge in [-0.1, -0.05) is 25.4 Å². The predicted octanol–water partition coefficient (Wildman–Crippen LogP) is 4.16. The molecule has 0 amide bonds. The van der Waals surface area contributed by atoms with Crippen molar-refractivity contribution in [3.8, 4) is 0 Å². The van der Waals surface area contributed by atoms with Crippen LogP contribution in [-0.2, 0) is 6.54 Å². The Kier molecular flexibility index (Phi) is 5.00. The number of nitro groups is 1. The highest BCUT2D eigenvalue weighted by atomic mass is 35.5. The standard InChI is InChI=1S/C15H21ClN2O2/c1-10-3-5-13(7-11(10)2)17-9-12-4-6-14(18(19)20)8-15(12)16/h4,6,8,10-11,13,17H,3,5,7,9H2,1-2H3. The highest BCUT2D eigenvalue weighted by Crippen LogP contribution is 2.30. The van der Waals surface area contributed by atoms with Gasteiger partial charge >= 0.3 is 0 Å². The molecule has 1 aliphatic rings. The molecule has 0 bridgehead atoms. The summed E-state index contributed by atoms with van der Waals surface area (Å²) >= 11 is 6.10. The van der Waals surface area contributed by atoms with Gasteiger partial charge in [-0.25, -0.2) is 0 Å². The zero-order valence-electron chi connectivity index (χ0n) is 11.9. The third-order valence-corrected chi connectivity index (χ3v) is 4.78. The van der Waals surface area contributed by atoms with E-state index >= 15 is 0 Å². The molecule has 4 nitrogen and oxygen atoms in total. The number of halogens is 1. The highest BCUT2D eigenvalue weighted by Gasteiger charge is 2.24. The first-order valence-electron chi connectivity index (χ1n) is 7.13. The molecule has 0 aliphatic heterocycles. The van der Waals surface area contributed by atoms with Crippen LogP contribution >= 0.6 is 11.6 Å². The molecule has 0 heterocycles. The molecule has 0 saturated heterocycles. The second kappa shape index (κ2) is 6.55. The van der Waals surface area contributed by atoms with Crippen molar-refractivity contribution in [2.24, 2.45) is 11.8 Å². The molecule has 0 radical (unpaired) electrons. The number of hydrogen-bond donors (Lipinski definition) is 1. The average molecular weight is 297 g/mol. The van der Waals surface area contributed by atoms with Gasteiger partial charge in [0.1, 0.15) is 0 Å². The minimum Gasteiger partial charge on any atom is -0.310 e. The lowest BCUT2D eigenvalue weighted by Gasteiger charge is -2.32. The monoisotopic (exact) mass is 296 g/mol. The first kappa shape index (κ1) is 15.3. The zero-order chi connectivity index (χ0) is 14.7. The van der Waals surface area contributed by atoms with Crippen LogP contribution in [0.1, 0.15) is 38.7 Å². The van der Waals surface area contributed by atoms with Crippen LogP contribution in [0.3, 0.4) is 0 Å². The molecule has 0 spiro atoms. The molecule has 1 fully saturated rings. The van der Waals surface area contributed by atoms with Crippen molar-refractivity contribution >= 4 is 17.3 Å². The van der Waals surface area contributed by atoms with Gasteiger partial charge < -0.3 is 5.32 Å². The van der Waals surface area contributed by atoms with E-state index in [0.29, 0.717) is 17.6 Å². The molecule has 110 valence electrons. The van der Waals surface area contributed by atoms with Gasteiger partial charge in [-0.05, 0) is 42.7 Å². The van der Waals surface area contributed by atoms with Gasteiger partial charge in [-0.2, -0.15) is 0 Å². The fraction of sp³-hybridized carbons (Fsp3) is 0.600. The van der Waals surface area contributed by atoms with Gasteiger partial charge in [0.05, 0.1) is 9.95 Å². The van der Waals surface area contributed by atoms with E-state index in [2.05, 4.69) is 19.2 Å². The minimum atomic E-state index is -0.423. The summed E-state index contributed by atoms with van der Waals surface area (Å²) in [5.74, 6) is 1.55. The fourth-order valence-electron chi connectivity index (χ4n) is 2.78. The average Bonchev–Trinajstić information content (AvgIpc) is 2.41. The molecule has 1 aliphatic carbocycles. The van der Waals surface area contributed by atoms with Gasteiger partial charge in [-0.15, -0.1) is 0 Å². The molecule has 1 N–H and O–H groups in total. The zero-order valence-corrected chi connectivity index (χ0v) is 12.7. The molecule has 20 heavy (non-hydrogen) atoms. The van der Waals surface area contributed by atoms with Crippen molar-refractivity contribution in [1.82, 2.24) is 5.32 Å². The maximum atomic E-state index is 10.7. The Hall–Kier alpha value is -1.13. The van der Waals surface area contributed by atoms with Crippen LogP contribution in [0.15, 0.2) is 18.2 Å². The van der Waals surface area contributed by atoms with Crippen LogP contribution in [0, 0.1) is 22.0 Å². The second-order valence-electron chi connectivity index (χ2n) is 5.88. The molecule has 2 rings (SSSR count). The highest BCUT2D eigenvalue weighted by molar-refractivity contribution is 6.31. The number of non-ortho nitro benzene ring substituents is 1. The van der Waals surface area contributed by atoms with E-state index in [1.165, 1.54) is 31.4 Å². The van der Waals surface area contributed by atoms with E-state index in [4.69, 9.17) is 11.6 Å². The van der Waals surface area contributed by atoms with Crippen molar-refractivity contribution in [2.75, 3.05) is 0 Å². The SMILES string of the molecule is CC1CCC(NCc2ccc([N+](=O)[O-])cc2Cl)CC1C. The van der Waals surface area contributed by atoms with E-state index in [9.17, 15) is 10.1 Å². The smallest absolute Gasteiger partial charge is 0.270 e. The number of rotatable bonds is 4. The Bertz CT molecular complexity index is 493. The molecular formula is C15H21ClN2O2. The second-order valence-corrected chi connectivity index (χ2v) is 6.29. The van der Waals surface area contributed by atoms with Crippen LogP contribution < -0.4 is 5.32 Å². The third-order valence-electron chi connectivity index (χ3n) is 4.43. The third kappa shape index (κ3) is 3.70. The number of nitro benzene ring substituents is 1. The number of hydrogen-bond acceptors (Lipinski definition) is 3. The van der Waals surface area contributed by atoms with Gasteiger partial charge in [0.15, 0.2) is 0 Å². The first-order chi connectivity index (χ1) is 9.47. The number of nitrogens with zero attached hydrogens (tertiary/aromatic N) is 1. The molecule has 1 aromatic carbocycles. The molecule has 5 heteroatoms. The Balaban J connectivity index is 1.93. The predicted molar refractivity (Wildman–Crippen MR) is 80.9 cm³/mol. The van der Waals surface area contributed by atoms with Crippen molar-refractivity contribution < 1.29 is 4.92 Å². The van der Waals surface area contributed by atoms with Gasteiger partial charge in [0.25, 0.3) is 5.69 Å². The first-order valence-corrected chi connectivity index (χ1v) is 7.51. The summed E-state index contributed by atoms with van der Waals surface area (Å²) in [6, 6.07) is 5.19. The van der Waals surface area contributed by atoms with Crippen molar-refractivity contribution in [1.29, 1.82) is 0 Å². The molecule has 1 aromatic rings. The van der Waals surface area contributed by atoms with Gasteiger partial charge in [0.2, 0.25) is 0 Å². The summed E-state index contributed by atoms with van der Waals surface area (Å²) in [7, 11) is 0. The topological polar surface area (TPSA) is 55.2 Å². The molecule has 3 unspecified atom stereocenters. The quantitative estimate of drug-likeness (QED) is 0.670. The molecule has 3 atom stereocenters. The lowest BCUT2D eigenvalue weighted by atomic mass is 9.79. The lowest BCUT2D eigenvalue weighted by molar-refractivity contribution is -0.384. The lowest BCUT2D eigenvalue weighted by Crippen LogP contribution is -2.35. The van der Waals surface area contributed by atoms with E-state index in [1.807, 2.05) is 0 Å². The number of nitrogens with one attached hydrogen (secondary N) is 1. The fourth-order valence-corrected chi connectivity index (χ4v) is 3.02. The number of benzene rings is 1. The van der Waals surface area contributed by atoms with E-state index in [-0.39, 0.29) is 5.69 Å². The summed E-state index contributed by atoms with van der Waals surface area (Å²) in [5, 5.41) is 14.7. The maximum Gasteiger partial charge on any atom is 0.270 e. The van der Waals surface area contributed by atoms with Crippen LogP contribution in [0.4, 0.5) is 5.69 Å². The summed E-state index contributed by atoms with van der Waals surface area (Å²) in [6.45, 7) is 5.29. The normalized spacial score (nSPS) is 26.4. The summed E-state index contributed by atoms with van der Waals surface area (Å²) in [4.78, 5) is 10.2. The van der Waals surface area contributed by atoms with E-state index in [0.717, 1.165) is 17.4 Å². The van der Waals surface area contributed by atoms with E-state index in [1.54, 1.807) is 6.07 Å². The Morgan fingerprint density at radius 1 is 1.35 bits per heavy atom. The molecule has 1 saturated carbocycles. The maximum absolute atomic E-state index is 10.7. The van der Waals surface area contributed by atoms with Gasteiger partial charge in [-0.3, -0.25) is 10.1 Å².